The molecule has 0 amide bonds. The highest BCUT2D eigenvalue weighted by Crippen LogP contribution is 1.95. The zero-order valence-corrected chi connectivity index (χ0v) is 7.21. The Morgan fingerprint density at radius 2 is 2.27 bits per heavy atom. The van der Waals surface area contributed by atoms with Crippen LogP contribution in [0.25, 0.3) is 0 Å². The van der Waals surface area contributed by atoms with Crippen molar-refractivity contribution < 1.29 is 19.4 Å². The molecular weight excluding hydrogens is 168 g/mol. The van der Waals surface area contributed by atoms with Crippen molar-refractivity contribution in [1.29, 1.82) is 0 Å². The van der Waals surface area contributed by atoms with Crippen molar-refractivity contribution in [2.24, 2.45) is 0 Å². The van der Waals surface area contributed by atoms with E-state index in [1.807, 2.05) is 0 Å². The molecule has 0 aromatic carbocycles. The molecule has 0 aromatic rings. The maximum Gasteiger partial charge on any atom is 0.318 e. The molecule has 11 heavy (non-hydrogen) atoms. The first kappa shape index (κ1) is 10.7. The van der Waals surface area contributed by atoms with Gasteiger partial charge >= 0.3 is 5.97 Å². The molecule has 0 aliphatic heterocycles. The summed E-state index contributed by atoms with van der Waals surface area (Å²) in [5, 5.41) is 7.61. The molecule has 0 radical (unpaired) electrons. The molecule has 0 fully saturated rings. The summed E-state index contributed by atoms with van der Waals surface area (Å²) in [6.45, 7) is 0.989. The third kappa shape index (κ3) is 6.15. The quantitative estimate of drug-likeness (QED) is 0.447. The van der Waals surface area contributed by atoms with Crippen LogP contribution in [-0.2, 0) is 14.3 Å². The topological polar surface area (TPSA) is 55.8 Å². The molecule has 1 unspecified atom stereocenters. The smallest absolute Gasteiger partial charge is 0.318 e. The molecule has 0 spiro atoms. The first-order chi connectivity index (χ1) is 5.18. The summed E-state index contributed by atoms with van der Waals surface area (Å²) in [6, 6.07) is 0. The second kappa shape index (κ2) is 6.45. The Labute approximate surface area is 70.9 Å². The minimum Gasteiger partial charge on any atom is -0.480 e. The van der Waals surface area contributed by atoms with Crippen LogP contribution in [0.5, 0.6) is 0 Å². The number of rotatable bonds is 6. The van der Waals surface area contributed by atoms with Gasteiger partial charge in [-0.25, -0.2) is 0 Å². The predicted octanol–water partition coefficient (Wildman–Crippen LogP) is 0.0324. The third-order valence-corrected chi connectivity index (χ3v) is 1.36. The van der Waals surface area contributed by atoms with Crippen LogP contribution in [0.15, 0.2) is 0 Å². The van der Waals surface area contributed by atoms with Crippen LogP contribution in [0.2, 0.25) is 0 Å². The number of carboxylic acids is 1. The lowest BCUT2D eigenvalue weighted by Crippen LogP contribution is -2.20. The SMILES string of the molecule is COCCOCC(S)C(=O)O. The van der Waals surface area contributed by atoms with E-state index in [1.165, 1.54) is 0 Å². The number of carboxylic acid groups (broad SMARTS) is 1. The Morgan fingerprint density at radius 1 is 1.64 bits per heavy atom. The second-order valence-electron chi connectivity index (χ2n) is 1.92. The highest BCUT2D eigenvalue weighted by atomic mass is 32.1. The molecule has 0 saturated carbocycles. The average Bonchev–Trinajstić information content (AvgIpc) is 1.97. The van der Waals surface area contributed by atoms with Gasteiger partial charge in [0, 0.05) is 7.11 Å². The summed E-state index contributed by atoms with van der Waals surface area (Å²) in [5.74, 6) is -0.967. The van der Waals surface area contributed by atoms with E-state index in [-0.39, 0.29) is 6.61 Å². The molecule has 0 bridgehead atoms. The van der Waals surface area contributed by atoms with Gasteiger partial charge in [0.2, 0.25) is 0 Å². The largest absolute Gasteiger partial charge is 0.480 e. The first-order valence-corrected chi connectivity index (χ1v) is 3.67. The Kier molecular flexibility index (Phi) is 6.30. The van der Waals surface area contributed by atoms with Gasteiger partial charge in [-0.15, -0.1) is 0 Å². The zero-order chi connectivity index (χ0) is 8.69. The number of aliphatic carboxylic acids is 1. The Bertz CT molecular complexity index is 117. The van der Waals surface area contributed by atoms with E-state index in [0.717, 1.165) is 0 Å². The monoisotopic (exact) mass is 180 g/mol. The summed E-state index contributed by atoms with van der Waals surface area (Å²) in [6.07, 6.45) is 0. The summed E-state index contributed by atoms with van der Waals surface area (Å²) in [4.78, 5) is 10.2. The van der Waals surface area contributed by atoms with Crippen molar-refractivity contribution in [3.63, 3.8) is 0 Å². The molecule has 1 N–H and O–H groups in total. The Hall–Kier alpha value is -0.260. The fourth-order valence-corrected chi connectivity index (χ4v) is 0.514. The van der Waals surface area contributed by atoms with Gasteiger partial charge in [0.05, 0.1) is 19.8 Å². The van der Waals surface area contributed by atoms with E-state index in [4.69, 9.17) is 9.84 Å². The second-order valence-corrected chi connectivity index (χ2v) is 2.55. The van der Waals surface area contributed by atoms with Gasteiger partial charge in [0.1, 0.15) is 5.25 Å². The van der Waals surface area contributed by atoms with Gasteiger partial charge in [-0.1, -0.05) is 0 Å². The lowest BCUT2D eigenvalue weighted by atomic mass is 10.4. The maximum atomic E-state index is 10.2. The van der Waals surface area contributed by atoms with Gasteiger partial charge in [-0.2, -0.15) is 12.6 Å². The Morgan fingerprint density at radius 3 is 2.73 bits per heavy atom. The maximum absolute atomic E-state index is 10.2. The summed E-state index contributed by atoms with van der Waals surface area (Å²) in [5.41, 5.74) is 0. The molecule has 0 heterocycles. The Balaban J connectivity index is 3.17. The fraction of sp³-hybridized carbons (Fsp3) is 0.833. The van der Waals surface area contributed by atoms with Crippen molar-refractivity contribution >= 4 is 18.6 Å². The van der Waals surface area contributed by atoms with Crippen LogP contribution in [-0.4, -0.2) is 43.3 Å². The first-order valence-electron chi connectivity index (χ1n) is 3.16. The van der Waals surface area contributed by atoms with Crippen LogP contribution in [0, 0.1) is 0 Å². The number of methoxy groups -OCH3 is 1. The molecule has 0 saturated heterocycles. The predicted molar refractivity (Wildman–Crippen MR) is 43.1 cm³/mol. The van der Waals surface area contributed by atoms with Gasteiger partial charge < -0.3 is 14.6 Å². The van der Waals surface area contributed by atoms with Crippen LogP contribution < -0.4 is 0 Å². The molecule has 4 nitrogen and oxygen atoms in total. The molecular formula is C6H12O4S. The van der Waals surface area contributed by atoms with Gasteiger partial charge in [0.25, 0.3) is 0 Å². The van der Waals surface area contributed by atoms with Crippen molar-refractivity contribution in [3.8, 4) is 0 Å². The van der Waals surface area contributed by atoms with Crippen LogP contribution in [0.1, 0.15) is 0 Å². The number of carbonyl (C=O) groups is 1. The minimum atomic E-state index is -0.967. The third-order valence-electron chi connectivity index (χ3n) is 0.993. The molecule has 1 atom stereocenters. The molecule has 0 rings (SSSR count). The number of hydrogen-bond donors (Lipinski definition) is 2. The average molecular weight is 180 g/mol. The highest BCUT2D eigenvalue weighted by molar-refractivity contribution is 7.81. The standard InChI is InChI=1S/C6H12O4S/c1-9-2-3-10-4-5(11)6(7)8/h5,11H,2-4H2,1H3,(H,7,8). The number of hydrogen-bond acceptors (Lipinski definition) is 4. The molecule has 66 valence electrons. The van der Waals surface area contributed by atoms with Crippen molar-refractivity contribution in [2.75, 3.05) is 26.9 Å². The van der Waals surface area contributed by atoms with Crippen molar-refractivity contribution in [3.05, 3.63) is 0 Å². The van der Waals surface area contributed by atoms with Crippen molar-refractivity contribution in [1.82, 2.24) is 0 Å². The van der Waals surface area contributed by atoms with Crippen LogP contribution >= 0.6 is 12.6 Å². The molecule has 0 aliphatic rings. The van der Waals surface area contributed by atoms with Crippen LogP contribution in [0.4, 0.5) is 0 Å². The minimum absolute atomic E-state index is 0.113. The lowest BCUT2D eigenvalue weighted by molar-refractivity contribution is -0.137. The van der Waals surface area contributed by atoms with Gasteiger partial charge in [-0.3, -0.25) is 4.79 Å². The van der Waals surface area contributed by atoms with Crippen molar-refractivity contribution in [2.45, 2.75) is 5.25 Å². The van der Waals surface area contributed by atoms with Gasteiger partial charge in [-0.05, 0) is 0 Å². The van der Waals surface area contributed by atoms with E-state index in [9.17, 15) is 4.79 Å². The normalized spacial score (nSPS) is 12.9. The van der Waals surface area contributed by atoms with E-state index < -0.39 is 11.2 Å². The molecule has 0 aromatic heterocycles. The lowest BCUT2D eigenvalue weighted by Gasteiger charge is -2.05. The molecule has 0 aliphatic carbocycles. The number of thiol groups is 1. The van der Waals surface area contributed by atoms with E-state index in [0.29, 0.717) is 13.2 Å². The van der Waals surface area contributed by atoms with Crippen LogP contribution in [0.3, 0.4) is 0 Å². The number of ether oxygens (including phenoxy) is 2. The van der Waals surface area contributed by atoms with Gasteiger partial charge in [0.15, 0.2) is 0 Å². The molecule has 5 heteroatoms. The zero-order valence-electron chi connectivity index (χ0n) is 6.32. The van der Waals surface area contributed by atoms with E-state index >= 15 is 0 Å². The fourth-order valence-electron chi connectivity index (χ4n) is 0.409. The van der Waals surface area contributed by atoms with E-state index in [2.05, 4.69) is 17.4 Å². The summed E-state index contributed by atoms with van der Waals surface area (Å²) in [7, 11) is 1.55. The highest BCUT2D eigenvalue weighted by Gasteiger charge is 2.10. The summed E-state index contributed by atoms with van der Waals surface area (Å²) >= 11 is 3.76. The van der Waals surface area contributed by atoms with E-state index in [1.54, 1.807) is 7.11 Å². The summed E-state index contributed by atoms with van der Waals surface area (Å²) < 4.78 is 9.60.